The van der Waals surface area contributed by atoms with E-state index >= 15 is 0 Å². The molecular weight excluding hydrogens is 440 g/mol. The smallest absolute Gasteiger partial charge is 0.234 e. The van der Waals surface area contributed by atoms with Crippen LogP contribution in [0.2, 0.25) is 0 Å². The summed E-state index contributed by atoms with van der Waals surface area (Å²) in [6, 6.07) is 24.6. The summed E-state index contributed by atoms with van der Waals surface area (Å²) < 4.78 is 2.02. The zero-order chi connectivity index (χ0) is 23.9. The predicted molar refractivity (Wildman–Crippen MR) is 141 cm³/mol. The van der Waals surface area contributed by atoms with Crippen LogP contribution in [-0.4, -0.2) is 26.4 Å². The van der Waals surface area contributed by atoms with Crippen LogP contribution in [0.1, 0.15) is 36.5 Å². The van der Waals surface area contributed by atoms with Crippen LogP contribution in [0.25, 0.3) is 17.1 Å². The summed E-state index contributed by atoms with van der Waals surface area (Å²) in [6.45, 7) is 6.32. The van der Waals surface area contributed by atoms with Gasteiger partial charge in [-0.05, 0) is 56.5 Å². The number of carbonyl (C=O) groups excluding carboxylic acids is 1. The monoisotopic (exact) mass is 470 g/mol. The third-order valence-electron chi connectivity index (χ3n) is 5.62. The van der Waals surface area contributed by atoms with Gasteiger partial charge in [0.15, 0.2) is 11.0 Å². The van der Waals surface area contributed by atoms with Gasteiger partial charge in [0.25, 0.3) is 0 Å². The van der Waals surface area contributed by atoms with Crippen molar-refractivity contribution in [2.24, 2.45) is 0 Å². The summed E-state index contributed by atoms with van der Waals surface area (Å²) in [5, 5.41) is 12.6. The van der Waals surface area contributed by atoms with Crippen molar-refractivity contribution >= 4 is 23.4 Å². The van der Waals surface area contributed by atoms with Crippen LogP contribution in [0.15, 0.2) is 78.0 Å². The van der Waals surface area contributed by atoms with E-state index in [9.17, 15) is 4.79 Å². The highest BCUT2D eigenvalue weighted by atomic mass is 32.2. The SMILES string of the molecule is CCCCc1ccc(NC(=O)CSc2nnc(-c3ccc(C)cc3)n2-c2ccc(C)cc2)cc1. The van der Waals surface area contributed by atoms with Gasteiger partial charge in [-0.2, -0.15) is 0 Å². The number of thioether (sulfide) groups is 1. The molecule has 1 amide bonds. The molecular formula is C28H30N4OS. The number of hydrogen-bond donors (Lipinski definition) is 1. The van der Waals surface area contributed by atoms with Crippen molar-refractivity contribution < 1.29 is 4.79 Å². The molecule has 5 nitrogen and oxygen atoms in total. The fourth-order valence-corrected chi connectivity index (χ4v) is 4.39. The number of benzene rings is 3. The quantitative estimate of drug-likeness (QED) is 0.279. The summed E-state index contributed by atoms with van der Waals surface area (Å²) in [6.07, 6.45) is 3.42. The Labute approximate surface area is 205 Å². The molecule has 0 fully saturated rings. The molecule has 0 radical (unpaired) electrons. The second kappa shape index (κ2) is 11.2. The van der Waals surface area contributed by atoms with Gasteiger partial charge in [-0.25, -0.2) is 0 Å². The zero-order valence-electron chi connectivity index (χ0n) is 19.9. The van der Waals surface area contributed by atoms with Crippen LogP contribution in [0.3, 0.4) is 0 Å². The molecule has 0 bridgehead atoms. The van der Waals surface area contributed by atoms with Gasteiger partial charge in [-0.15, -0.1) is 10.2 Å². The van der Waals surface area contributed by atoms with Gasteiger partial charge in [0.05, 0.1) is 5.75 Å². The first kappa shape index (κ1) is 23.8. The van der Waals surface area contributed by atoms with Crippen molar-refractivity contribution in [3.8, 4) is 17.1 Å². The minimum atomic E-state index is -0.0679. The predicted octanol–water partition coefficient (Wildman–Crippen LogP) is 6.62. The van der Waals surface area contributed by atoms with Gasteiger partial charge >= 0.3 is 0 Å². The summed E-state index contributed by atoms with van der Waals surface area (Å²) in [5.74, 6) is 0.936. The van der Waals surface area contributed by atoms with Crippen molar-refractivity contribution in [3.63, 3.8) is 0 Å². The van der Waals surface area contributed by atoms with Crippen LogP contribution in [-0.2, 0) is 11.2 Å². The number of nitrogens with zero attached hydrogens (tertiary/aromatic N) is 3. The van der Waals surface area contributed by atoms with Crippen molar-refractivity contribution in [2.75, 3.05) is 11.1 Å². The molecule has 34 heavy (non-hydrogen) atoms. The third-order valence-corrected chi connectivity index (χ3v) is 6.55. The van der Waals surface area contributed by atoms with Crippen molar-refractivity contribution in [1.29, 1.82) is 0 Å². The molecule has 0 saturated heterocycles. The fourth-order valence-electron chi connectivity index (χ4n) is 3.64. The van der Waals surface area contributed by atoms with Crippen molar-refractivity contribution in [1.82, 2.24) is 14.8 Å². The van der Waals surface area contributed by atoms with Crippen molar-refractivity contribution in [2.45, 2.75) is 45.2 Å². The lowest BCUT2D eigenvalue weighted by atomic mass is 10.1. The molecule has 0 unspecified atom stereocenters. The van der Waals surface area contributed by atoms with Gasteiger partial charge in [-0.3, -0.25) is 9.36 Å². The number of unbranched alkanes of at least 4 members (excludes halogenated alkanes) is 1. The Kier molecular flexibility index (Phi) is 7.80. The van der Waals surface area contributed by atoms with Crippen LogP contribution < -0.4 is 5.32 Å². The number of amides is 1. The maximum Gasteiger partial charge on any atom is 0.234 e. The average molecular weight is 471 g/mol. The first-order chi connectivity index (χ1) is 16.5. The van der Waals surface area contributed by atoms with Gasteiger partial charge in [0.2, 0.25) is 5.91 Å². The lowest BCUT2D eigenvalue weighted by Crippen LogP contribution is -2.14. The molecule has 0 atom stereocenters. The number of aromatic nitrogens is 3. The normalized spacial score (nSPS) is 10.9. The Morgan fingerprint density at radius 3 is 2.18 bits per heavy atom. The summed E-state index contributed by atoms with van der Waals surface area (Å²) >= 11 is 1.38. The molecule has 3 aromatic carbocycles. The number of aryl methyl sites for hydroxylation is 3. The number of rotatable bonds is 9. The Morgan fingerprint density at radius 1 is 0.882 bits per heavy atom. The zero-order valence-corrected chi connectivity index (χ0v) is 20.7. The van der Waals surface area contributed by atoms with Crippen LogP contribution in [0.5, 0.6) is 0 Å². The second-order valence-corrected chi connectivity index (χ2v) is 9.42. The topological polar surface area (TPSA) is 59.8 Å². The van der Waals surface area contributed by atoms with E-state index in [0.29, 0.717) is 5.16 Å². The van der Waals surface area contributed by atoms with E-state index in [1.165, 1.54) is 41.3 Å². The molecule has 6 heteroatoms. The maximum absolute atomic E-state index is 12.7. The maximum atomic E-state index is 12.7. The molecule has 0 aliphatic carbocycles. The van der Waals surface area contributed by atoms with Gasteiger partial charge in [0.1, 0.15) is 0 Å². The van der Waals surface area contributed by atoms with Gasteiger partial charge < -0.3 is 5.32 Å². The highest BCUT2D eigenvalue weighted by molar-refractivity contribution is 7.99. The number of carbonyl (C=O) groups is 1. The molecule has 0 aliphatic rings. The third kappa shape index (κ3) is 5.94. The highest BCUT2D eigenvalue weighted by Crippen LogP contribution is 2.28. The standard InChI is InChI=1S/C28H30N4OS/c1-4-5-6-22-11-15-24(16-12-22)29-26(33)19-34-28-31-30-27(23-13-7-20(2)8-14-23)32(28)25-17-9-21(3)10-18-25/h7-18H,4-6,19H2,1-3H3,(H,29,33). The number of anilines is 1. The number of nitrogens with one attached hydrogen (secondary N) is 1. The summed E-state index contributed by atoms with van der Waals surface area (Å²) in [7, 11) is 0. The first-order valence-electron chi connectivity index (χ1n) is 11.6. The lowest BCUT2D eigenvalue weighted by Gasteiger charge is -2.11. The summed E-state index contributed by atoms with van der Waals surface area (Å²) in [5.41, 5.74) is 6.43. The highest BCUT2D eigenvalue weighted by Gasteiger charge is 2.17. The minimum absolute atomic E-state index is 0.0679. The Morgan fingerprint density at radius 2 is 1.53 bits per heavy atom. The molecule has 4 rings (SSSR count). The van der Waals surface area contributed by atoms with E-state index in [-0.39, 0.29) is 11.7 Å². The molecule has 0 saturated carbocycles. The molecule has 1 N–H and O–H groups in total. The van der Waals surface area contributed by atoms with Crippen LogP contribution >= 0.6 is 11.8 Å². The molecule has 1 aromatic heterocycles. The Hall–Kier alpha value is -3.38. The lowest BCUT2D eigenvalue weighted by molar-refractivity contribution is -0.113. The summed E-state index contributed by atoms with van der Waals surface area (Å²) in [4.78, 5) is 12.7. The van der Waals surface area contributed by atoms with E-state index in [1.807, 2.05) is 16.7 Å². The second-order valence-electron chi connectivity index (χ2n) is 8.48. The van der Waals surface area contributed by atoms with E-state index in [1.54, 1.807) is 0 Å². The van der Waals surface area contributed by atoms with E-state index < -0.39 is 0 Å². The Bertz CT molecular complexity index is 1230. The first-order valence-corrected chi connectivity index (χ1v) is 12.6. The van der Waals surface area contributed by atoms with Crippen LogP contribution in [0, 0.1) is 13.8 Å². The number of hydrogen-bond acceptors (Lipinski definition) is 4. The average Bonchev–Trinajstić information content (AvgIpc) is 3.27. The molecule has 1 heterocycles. The van der Waals surface area contributed by atoms with Gasteiger partial charge in [0, 0.05) is 16.9 Å². The Balaban J connectivity index is 1.50. The molecule has 0 spiro atoms. The van der Waals surface area contributed by atoms with E-state index in [0.717, 1.165) is 29.2 Å². The van der Waals surface area contributed by atoms with E-state index in [4.69, 9.17) is 0 Å². The largest absolute Gasteiger partial charge is 0.325 e. The molecule has 174 valence electrons. The van der Waals surface area contributed by atoms with Crippen molar-refractivity contribution in [3.05, 3.63) is 89.5 Å². The minimum Gasteiger partial charge on any atom is -0.325 e. The van der Waals surface area contributed by atoms with Gasteiger partial charge in [-0.1, -0.05) is 84.8 Å². The molecule has 0 aliphatic heterocycles. The fraction of sp³-hybridized carbons (Fsp3) is 0.250. The van der Waals surface area contributed by atoms with E-state index in [2.05, 4.69) is 96.9 Å². The van der Waals surface area contributed by atoms with Crippen LogP contribution in [0.4, 0.5) is 5.69 Å². The molecule has 4 aromatic rings.